The lowest BCUT2D eigenvalue weighted by atomic mass is 10.1. The quantitative estimate of drug-likeness (QED) is 0.299. The summed E-state index contributed by atoms with van der Waals surface area (Å²) in [5.41, 5.74) is 0.886. The maximum atomic E-state index is 14.0. The summed E-state index contributed by atoms with van der Waals surface area (Å²) < 4.78 is 39.3. The minimum Gasteiger partial charge on any atom is -0.497 e. The van der Waals surface area contributed by atoms with Crippen molar-refractivity contribution in [2.75, 3.05) is 25.1 Å². The lowest BCUT2D eigenvalue weighted by Gasteiger charge is -2.32. The number of anilines is 1. The third-order valence-corrected chi connectivity index (χ3v) is 8.77. The second-order valence-electron chi connectivity index (χ2n) is 9.51. The van der Waals surface area contributed by atoms with Crippen LogP contribution in [0.15, 0.2) is 77.7 Å². The van der Waals surface area contributed by atoms with E-state index >= 15 is 0 Å². The molecule has 0 spiro atoms. The van der Waals surface area contributed by atoms with Crippen molar-refractivity contribution in [2.45, 2.75) is 50.7 Å². The van der Waals surface area contributed by atoms with Crippen molar-refractivity contribution < 1.29 is 27.5 Å². The maximum Gasteiger partial charge on any atom is 0.264 e. The van der Waals surface area contributed by atoms with Crippen LogP contribution >= 0.6 is 11.6 Å². The first kappa shape index (κ1) is 31.8. The molecule has 0 radical (unpaired) electrons. The van der Waals surface area contributed by atoms with Crippen LogP contribution in [0.25, 0.3) is 0 Å². The third-order valence-electron chi connectivity index (χ3n) is 6.69. The summed E-state index contributed by atoms with van der Waals surface area (Å²) in [5.74, 6) is 0.0215. The number of sulfonamides is 1. The molecule has 0 aliphatic rings. The Morgan fingerprint density at radius 3 is 2.27 bits per heavy atom. The normalized spacial score (nSPS) is 12.6. The van der Waals surface area contributed by atoms with E-state index < -0.39 is 28.5 Å². The number of carbonyl (C=O) groups is 2. The molecule has 0 aliphatic heterocycles. The molecule has 2 atom stereocenters. The molecule has 41 heavy (non-hydrogen) atoms. The van der Waals surface area contributed by atoms with Crippen molar-refractivity contribution in [1.82, 2.24) is 10.2 Å². The first-order valence-corrected chi connectivity index (χ1v) is 15.0. The lowest BCUT2D eigenvalue weighted by molar-refractivity contribution is -0.139. The lowest BCUT2D eigenvalue weighted by Crippen LogP contribution is -2.52. The second kappa shape index (κ2) is 14.2. The summed E-state index contributed by atoms with van der Waals surface area (Å²) in [6.07, 6.45) is 0.712. The van der Waals surface area contributed by atoms with E-state index in [1.54, 1.807) is 43.3 Å². The monoisotopic (exact) mass is 601 g/mol. The van der Waals surface area contributed by atoms with Crippen molar-refractivity contribution in [3.8, 4) is 11.5 Å². The first-order chi connectivity index (χ1) is 19.5. The van der Waals surface area contributed by atoms with Crippen LogP contribution in [0.3, 0.4) is 0 Å². The third kappa shape index (κ3) is 7.92. The van der Waals surface area contributed by atoms with E-state index in [9.17, 15) is 18.0 Å². The molecule has 0 saturated carbocycles. The summed E-state index contributed by atoms with van der Waals surface area (Å²) in [7, 11) is -1.22. The largest absolute Gasteiger partial charge is 0.497 e. The summed E-state index contributed by atoms with van der Waals surface area (Å²) in [4.78, 5) is 28.6. The number of benzene rings is 3. The predicted octanol–water partition coefficient (Wildman–Crippen LogP) is 4.88. The van der Waals surface area contributed by atoms with Crippen molar-refractivity contribution in [3.63, 3.8) is 0 Å². The van der Waals surface area contributed by atoms with Gasteiger partial charge in [0.1, 0.15) is 24.1 Å². The van der Waals surface area contributed by atoms with Gasteiger partial charge in [-0.1, -0.05) is 48.9 Å². The van der Waals surface area contributed by atoms with Gasteiger partial charge in [0, 0.05) is 12.6 Å². The molecule has 2 unspecified atom stereocenters. The van der Waals surface area contributed by atoms with Crippen molar-refractivity contribution in [1.29, 1.82) is 0 Å². The van der Waals surface area contributed by atoms with Gasteiger partial charge in [-0.25, -0.2) is 8.42 Å². The van der Waals surface area contributed by atoms with E-state index in [0.29, 0.717) is 23.5 Å². The Balaban J connectivity index is 2.06. The molecule has 11 heteroatoms. The topological polar surface area (TPSA) is 105 Å². The summed E-state index contributed by atoms with van der Waals surface area (Å²) in [5, 5.41) is 3.09. The van der Waals surface area contributed by atoms with Gasteiger partial charge in [0.05, 0.1) is 29.8 Å². The molecule has 0 fully saturated rings. The molecule has 0 bridgehead atoms. The Kier molecular flexibility index (Phi) is 11.0. The van der Waals surface area contributed by atoms with Crippen LogP contribution in [-0.4, -0.2) is 58.0 Å². The summed E-state index contributed by atoms with van der Waals surface area (Å²) >= 11 is 6.35. The van der Waals surface area contributed by atoms with Crippen molar-refractivity contribution in [2.24, 2.45) is 0 Å². The molecule has 0 saturated heterocycles. The number of methoxy groups -OCH3 is 2. The van der Waals surface area contributed by atoms with Gasteiger partial charge in [0.15, 0.2) is 0 Å². The van der Waals surface area contributed by atoms with Gasteiger partial charge in [-0.05, 0) is 68.3 Å². The molecule has 3 aromatic rings. The number of nitrogens with one attached hydrogen (secondary N) is 1. The average molecular weight is 602 g/mol. The molecule has 0 aromatic heterocycles. The highest BCUT2D eigenvalue weighted by Gasteiger charge is 2.33. The van der Waals surface area contributed by atoms with Gasteiger partial charge in [0.2, 0.25) is 11.8 Å². The average Bonchev–Trinajstić information content (AvgIpc) is 2.98. The number of halogens is 1. The molecule has 2 amide bonds. The highest BCUT2D eigenvalue weighted by Crippen LogP contribution is 2.32. The fourth-order valence-corrected chi connectivity index (χ4v) is 5.75. The van der Waals surface area contributed by atoms with Crippen LogP contribution in [-0.2, 0) is 26.2 Å². The molecule has 0 aliphatic carbocycles. The van der Waals surface area contributed by atoms with Crippen LogP contribution < -0.4 is 19.1 Å². The van der Waals surface area contributed by atoms with E-state index in [-0.39, 0.29) is 34.1 Å². The minimum atomic E-state index is -4.21. The van der Waals surface area contributed by atoms with Crippen LogP contribution in [0, 0.1) is 0 Å². The highest BCUT2D eigenvalue weighted by atomic mass is 35.5. The van der Waals surface area contributed by atoms with Crippen LogP contribution in [0.2, 0.25) is 5.02 Å². The van der Waals surface area contributed by atoms with Gasteiger partial charge in [-0.15, -0.1) is 0 Å². The Labute approximate surface area is 247 Å². The minimum absolute atomic E-state index is 0.00153. The summed E-state index contributed by atoms with van der Waals surface area (Å²) in [6.45, 7) is 4.91. The standard InChI is InChI=1S/C30H36ClN3O6S/c1-6-21(2)32-30(36)22(3)33(19-23-11-10-12-25(17-23)39-4)29(35)20-34(24-15-16-28(40-5)27(31)18-24)41(37,38)26-13-8-7-9-14-26/h7-18,21-22H,6,19-20H2,1-5H3,(H,32,36). The molecule has 0 heterocycles. The summed E-state index contributed by atoms with van der Waals surface area (Å²) in [6, 6.07) is 18.4. The number of ether oxygens (including phenoxy) is 2. The molecule has 9 nitrogen and oxygen atoms in total. The number of carbonyl (C=O) groups excluding carboxylic acids is 2. The number of amides is 2. The first-order valence-electron chi connectivity index (χ1n) is 13.2. The Hall–Kier alpha value is -3.76. The van der Waals surface area contributed by atoms with Crippen LogP contribution in [0.5, 0.6) is 11.5 Å². The molecule has 3 rings (SSSR count). The van der Waals surface area contributed by atoms with Gasteiger partial charge < -0.3 is 19.7 Å². The highest BCUT2D eigenvalue weighted by molar-refractivity contribution is 7.92. The molecule has 1 N–H and O–H groups in total. The number of hydrogen-bond donors (Lipinski definition) is 1. The second-order valence-corrected chi connectivity index (χ2v) is 11.8. The van der Waals surface area contributed by atoms with Crippen molar-refractivity contribution in [3.05, 3.63) is 83.4 Å². The van der Waals surface area contributed by atoms with E-state index in [2.05, 4.69) is 5.32 Å². The SMILES string of the molecule is CCC(C)NC(=O)C(C)N(Cc1cccc(OC)c1)C(=O)CN(c1ccc(OC)c(Cl)c1)S(=O)(=O)c1ccccc1. The Morgan fingerprint density at radius 2 is 1.66 bits per heavy atom. The van der Waals surface area contributed by atoms with Gasteiger partial charge in [-0.3, -0.25) is 13.9 Å². The van der Waals surface area contributed by atoms with E-state index in [0.717, 1.165) is 4.31 Å². The fraction of sp³-hybridized carbons (Fsp3) is 0.333. The zero-order valence-corrected chi connectivity index (χ0v) is 25.4. The predicted molar refractivity (Wildman–Crippen MR) is 160 cm³/mol. The zero-order chi connectivity index (χ0) is 30.2. The van der Waals surface area contributed by atoms with E-state index in [1.807, 2.05) is 19.9 Å². The Morgan fingerprint density at radius 1 is 0.951 bits per heavy atom. The smallest absolute Gasteiger partial charge is 0.264 e. The van der Waals surface area contributed by atoms with E-state index in [1.165, 1.54) is 49.5 Å². The van der Waals surface area contributed by atoms with Gasteiger partial charge >= 0.3 is 0 Å². The van der Waals surface area contributed by atoms with Gasteiger partial charge in [0.25, 0.3) is 10.0 Å². The maximum absolute atomic E-state index is 14.0. The molecule has 220 valence electrons. The zero-order valence-electron chi connectivity index (χ0n) is 23.8. The van der Waals surface area contributed by atoms with Crippen LogP contribution in [0.1, 0.15) is 32.8 Å². The van der Waals surface area contributed by atoms with E-state index in [4.69, 9.17) is 21.1 Å². The number of rotatable bonds is 13. The van der Waals surface area contributed by atoms with Gasteiger partial charge in [-0.2, -0.15) is 0 Å². The molecule has 3 aromatic carbocycles. The molecular weight excluding hydrogens is 566 g/mol. The number of nitrogens with zero attached hydrogens (tertiary/aromatic N) is 2. The van der Waals surface area contributed by atoms with Crippen molar-refractivity contribution >= 4 is 39.1 Å². The molecular formula is C30H36ClN3O6S. The number of hydrogen-bond acceptors (Lipinski definition) is 6. The Bertz CT molecular complexity index is 1450. The van der Waals surface area contributed by atoms with Crippen LogP contribution in [0.4, 0.5) is 5.69 Å². The fourth-order valence-electron chi connectivity index (χ4n) is 4.07.